The van der Waals surface area contributed by atoms with E-state index in [9.17, 15) is 13.2 Å². The molecule has 2 N–H and O–H groups in total. The van der Waals surface area contributed by atoms with Crippen molar-refractivity contribution in [3.05, 3.63) is 71.1 Å². The van der Waals surface area contributed by atoms with E-state index in [2.05, 4.69) is 10.0 Å². The molecule has 0 bridgehead atoms. The molecule has 2 rings (SSSR count). The highest BCUT2D eigenvalue weighted by molar-refractivity contribution is 7.92. The highest BCUT2D eigenvalue weighted by atomic mass is 32.2. The molecule has 0 spiro atoms. The number of hydrogen-bond donors (Lipinski definition) is 2. The van der Waals surface area contributed by atoms with Crippen LogP contribution in [0.5, 0.6) is 0 Å². The Morgan fingerprint density at radius 3 is 2.62 bits per heavy atom. The smallest absolute Gasteiger partial charge is 0.233 e. The molecule has 0 radical (unpaired) electrons. The number of hydrogen-bond acceptors (Lipinski definition) is 4. The Hall–Kier alpha value is -2.48. The fraction of sp³-hybridized carbons (Fsp3) is 0.211. The number of benzene rings is 2. The number of carbonyl (C=O) groups excluding carboxylic acids is 1. The molecule has 0 aromatic heterocycles. The van der Waals surface area contributed by atoms with Crippen LogP contribution in [0, 0.1) is 0 Å². The van der Waals surface area contributed by atoms with Gasteiger partial charge in [0.25, 0.3) is 0 Å². The number of rotatable bonds is 9. The summed E-state index contributed by atoms with van der Waals surface area (Å²) in [6.07, 6.45) is 1.54. The maximum atomic E-state index is 12.0. The highest BCUT2D eigenvalue weighted by Gasteiger charge is 2.08. The SMILES string of the molecule is COCc1cccc(NC(=O)CCNS(=O)(=O)/C=C/c2ccccc2)c1. The summed E-state index contributed by atoms with van der Waals surface area (Å²) in [4.78, 5) is 12.0. The zero-order valence-corrected chi connectivity index (χ0v) is 15.3. The number of nitrogens with one attached hydrogen (secondary N) is 2. The van der Waals surface area contributed by atoms with Gasteiger partial charge in [-0.25, -0.2) is 13.1 Å². The van der Waals surface area contributed by atoms with E-state index in [1.54, 1.807) is 25.3 Å². The Morgan fingerprint density at radius 2 is 1.88 bits per heavy atom. The molecule has 26 heavy (non-hydrogen) atoms. The zero-order valence-electron chi connectivity index (χ0n) is 14.5. The number of amides is 1. The second kappa shape index (κ2) is 9.86. The first kappa shape index (κ1) is 19.8. The van der Waals surface area contributed by atoms with E-state index in [1.807, 2.05) is 36.4 Å². The van der Waals surface area contributed by atoms with Gasteiger partial charge in [-0.3, -0.25) is 4.79 Å². The van der Waals surface area contributed by atoms with Crippen LogP contribution in [0.2, 0.25) is 0 Å². The largest absolute Gasteiger partial charge is 0.380 e. The van der Waals surface area contributed by atoms with E-state index in [1.165, 1.54) is 6.08 Å². The number of anilines is 1. The Kier molecular flexibility index (Phi) is 7.53. The molecule has 0 aliphatic rings. The third-order valence-corrected chi connectivity index (χ3v) is 4.52. The molecule has 0 saturated carbocycles. The van der Waals surface area contributed by atoms with Crippen LogP contribution in [-0.4, -0.2) is 28.0 Å². The minimum Gasteiger partial charge on any atom is -0.380 e. The van der Waals surface area contributed by atoms with Gasteiger partial charge in [0, 0.05) is 31.2 Å². The Labute approximate surface area is 153 Å². The maximum Gasteiger partial charge on any atom is 0.233 e. The van der Waals surface area contributed by atoms with Gasteiger partial charge in [-0.2, -0.15) is 0 Å². The lowest BCUT2D eigenvalue weighted by Crippen LogP contribution is -2.26. The zero-order chi connectivity index (χ0) is 18.8. The summed E-state index contributed by atoms with van der Waals surface area (Å²) in [5.74, 6) is -0.269. The van der Waals surface area contributed by atoms with Crippen LogP contribution >= 0.6 is 0 Å². The molecule has 7 heteroatoms. The van der Waals surface area contributed by atoms with E-state index in [-0.39, 0.29) is 18.9 Å². The summed E-state index contributed by atoms with van der Waals surface area (Å²) < 4.78 is 31.3. The summed E-state index contributed by atoms with van der Waals surface area (Å²) in [6, 6.07) is 16.4. The molecular formula is C19H22N2O4S. The Bertz CT molecular complexity index is 849. The third-order valence-electron chi connectivity index (χ3n) is 3.42. The molecule has 0 aliphatic heterocycles. The third kappa shape index (κ3) is 7.18. The standard InChI is InChI=1S/C19H22N2O4S/c1-25-15-17-8-5-9-18(14-17)21-19(22)10-12-20-26(23,24)13-11-16-6-3-2-4-7-16/h2-9,11,13-14,20H,10,12,15H2,1H3,(H,21,22)/b13-11+. The monoisotopic (exact) mass is 374 g/mol. The maximum absolute atomic E-state index is 12.0. The van der Waals surface area contributed by atoms with Crippen molar-refractivity contribution in [1.29, 1.82) is 0 Å². The average molecular weight is 374 g/mol. The predicted octanol–water partition coefficient (Wildman–Crippen LogP) is 2.75. The van der Waals surface area contributed by atoms with Crippen molar-refractivity contribution in [2.75, 3.05) is 19.0 Å². The van der Waals surface area contributed by atoms with Gasteiger partial charge < -0.3 is 10.1 Å². The second-order valence-electron chi connectivity index (χ2n) is 5.58. The van der Waals surface area contributed by atoms with Crippen LogP contribution in [0.25, 0.3) is 6.08 Å². The molecular weight excluding hydrogens is 352 g/mol. The van der Waals surface area contributed by atoms with Gasteiger partial charge in [-0.05, 0) is 29.3 Å². The normalized spacial score (nSPS) is 11.6. The van der Waals surface area contributed by atoms with Gasteiger partial charge in [0.2, 0.25) is 15.9 Å². The molecule has 6 nitrogen and oxygen atoms in total. The van der Waals surface area contributed by atoms with Crippen molar-refractivity contribution in [3.8, 4) is 0 Å². The summed E-state index contributed by atoms with van der Waals surface area (Å²) in [7, 11) is -1.99. The molecule has 0 fully saturated rings. The number of methoxy groups -OCH3 is 1. The van der Waals surface area contributed by atoms with E-state index in [0.717, 1.165) is 16.5 Å². The van der Waals surface area contributed by atoms with E-state index >= 15 is 0 Å². The lowest BCUT2D eigenvalue weighted by Gasteiger charge is -2.07. The van der Waals surface area contributed by atoms with E-state index in [0.29, 0.717) is 12.3 Å². The molecule has 1 amide bonds. The van der Waals surface area contributed by atoms with Gasteiger partial charge in [0.1, 0.15) is 0 Å². The van der Waals surface area contributed by atoms with Crippen LogP contribution in [0.3, 0.4) is 0 Å². The summed E-state index contributed by atoms with van der Waals surface area (Å²) in [6.45, 7) is 0.475. The van der Waals surface area contributed by atoms with Crippen molar-refractivity contribution in [1.82, 2.24) is 4.72 Å². The fourth-order valence-corrected chi connectivity index (χ4v) is 3.04. The number of carbonyl (C=O) groups is 1. The molecule has 0 aliphatic carbocycles. The number of sulfonamides is 1. The molecule has 0 saturated heterocycles. The van der Waals surface area contributed by atoms with Gasteiger partial charge in [0.15, 0.2) is 0 Å². The molecule has 2 aromatic rings. The van der Waals surface area contributed by atoms with Crippen molar-refractivity contribution >= 4 is 27.7 Å². The van der Waals surface area contributed by atoms with Crippen molar-refractivity contribution in [2.45, 2.75) is 13.0 Å². The van der Waals surface area contributed by atoms with Crippen LogP contribution in [0.15, 0.2) is 60.0 Å². The fourth-order valence-electron chi connectivity index (χ4n) is 2.22. The molecule has 0 heterocycles. The van der Waals surface area contributed by atoms with Gasteiger partial charge in [-0.15, -0.1) is 0 Å². The minimum absolute atomic E-state index is 0.0189. The first-order valence-electron chi connectivity index (χ1n) is 8.09. The first-order chi connectivity index (χ1) is 12.5. The molecule has 0 unspecified atom stereocenters. The topological polar surface area (TPSA) is 84.5 Å². The minimum atomic E-state index is -3.59. The lowest BCUT2D eigenvalue weighted by molar-refractivity contribution is -0.116. The van der Waals surface area contributed by atoms with Crippen LogP contribution in [0.1, 0.15) is 17.5 Å². The quantitative estimate of drug-likeness (QED) is 0.707. The van der Waals surface area contributed by atoms with Crippen LogP contribution < -0.4 is 10.0 Å². The highest BCUT2D eigenvalue weighted by Crippen LogP contribution is 2.11. The Morgan fingerprint density at radius 1 is 1.12 bits per heavy atom. The molecule has 138 valence electrons. The van der Waals surface area contributed by atoms with Crippen LogP contribution in [-0.2, 0) is 26.2 Å². The van der Waals surface area contributed by atoms with Crippen molar-refractivity contribution < 1.29 is 17.9 Å². The summed E-state index contributed by atoms with van der Waals surface area (Å²) in [5, 5.41) is 3.83. The van der Waals surface area contributed by atoms with Gasteiger partial charge >= 0.3 is 0 Å². The van der Waals surface area contributed by atoms with E-state index < -0.39 is 10.0 Å². The van der Waals surface area contributed by atoms with E-state index in [4.69, 9.17) is 4.74 Å². The summed E-state index contributed by atoms with van der Waals surface area (Å²) >= 11 is 0. The van der Waals surface area contributed by atoms with Crippen molar-refractivity contribution in [2.24, 2.45) is 0 Å². The predicted molar refractivity (Wildman–Crippen MR) is 103 cm³/mol. The Balaban J connectivity index is 1.80. The summed E-state index contributed by atoms with van der Waals surface area (Å²) in [5.41, 5.74) is 2.37. The average Bonchev–Trinajstić information content (AvgIpc) is 2.61. The molecule has 0 atom stereocenters. The van der Waals surface area contributed by atoms with Gasteiger partial charge in [-0.1, -0.05) is 42.5 Å². The first-order valence-corrected chi connectivity index (χ1v) is 9.64. The number of ether oxygens (including phenoxy) is 1. The molecule has 2 aromatic carbocycles. The van der Waals surface area contributed by atoms with Crippen molar-refractivity contribution in [3.63, 3.8) is 0 Å². The lowest BCUT2D eigenvalue weighted by atomic mass is 10.2. The van der Waals surface area contributed by atoms with Crippen LogP contribution in [0.4, 0.5) is 5.69 Å². The second-order valence-corrected chi connectivity index (χ2v) is 7.24. The van der Waals surface area contributed by atoms with Gasteiger partial charge in [0.05, 0.1) is 6.61 Å².